The third kappa shape index (κ3) is 3.34. The standard InChI is InChI=1S/C18H12N2O6/c21-16(9-8-12-4-3-5-13(10-12)20(24)25)26-11-19-17(22)14-6-1-2-7-15(14)18(19)23/h1-10H,11H2. The Morgan fingerprint density at radius 1 is 1.08 bits per heavy atom. The number of nitro groups is 1. The molecule has 8 nitrogen and oxygen atoms in total. The molecule has 2 amide bonds. The zero-order valence-corrected chi connectivity index (χ0v) is 13.3. The maximum Gasteiger partial charge on any atom is 0.332 e. The molecule has 2 aromatic carbocycles. The van der Waals surface area contributed by atoms with Crippen molar-refractivity contribution in [3.63, 3.8) is 0 Å². The number of rotatable bonds is 5. The van der Waals surface area contributed by atoms with Crippen molar-refractivity contribution >= 4 is 29.5 Å². The summed E-state index contributed by atoms with van der Waals surface area (Å²) in [6.07, 6.45) is 2.41. The first kappa shape index (κ1) is 17.0. The van der Waals surface area contributed by atoms with Gasteiger partial charge in [0.2, 0.25) is 0 Å². The molecule has 2 aromatic rings. The van der Waals surface area contributed by atoms with Crippen LogP contribution >= 0.6 is 0 Å². The number of hydrogen-bond donors (Lipinski definition) is 0. The molecule has 0 saturated carbocycles. The average molecular weight is 352 g/mol. The Morgan fingerprint density at radius 2 is 1.73 bits per heavy atom. The Labute approximate surface area is 147 Å². The fourth-order valence-corrected chi connectivity index (χ4v) is 2.44. The molecule has 0 saturated heterocycles. The molecule has 130 valence electrons. The lowest BCUT2D eigenvalue weighted by Crippen LogP contribution is -2.32. The summed E-state index contributed by atoms with van der Waals surface area (Å²) in [4.78, 5) is 47.1. The van der Waals surface area contributed by atoms with Gasteiger partial charge in [-0.15, -0.1) is 0 Å². The van der Waals surface area contributed by atoms with E-state index in [4.69, 9.17) is 4.74 Å². The minimum Gasteiger partial charge on any atom is -0.441 e. The van der Waals surface area contributed by atoms with Gasteiger partial charge in [0.15, 0.2) is 6.73 Å². The number of esters is 1. The molecule has 26 heavy (non-hydrogen) atoms. The number of ether oxygens (including phenoxy) is 1. The van der Waals surface area contributed by atoms with Gasteiger partial charge in [-0.1, -0.05) is 24.3 Å². The normalized spacial score (nSPS) is 13.2. The average Bonchev–Trinajstić information content (AvgIpc) is 2.89. The van der Waals surface area contributed by atoms with Gasteiger partial charge in [-0.3, -0.25) is 19.7 Å². The number of nitrogens with zero attached hydrogens (tertiary/aromatic N) is 2. The van der Waals surface area contributed by atoms with E-state index >= 15 is 0 Å². The predicted octanol–water partition coefficient (Wildman–Crippen LogP) is 2.40. The van der Waals surface area contributed by atoms with Gasteiger partial charge in [-0.05, 0) is 23.8 Å². The molecule has 1 heterocycles. The smallest absolute Gasteiger partial charge is 0.332 e. The second-order valence-corrected chi connectivity index (χ2v) is 5.36. The number of nitro benzene ring substituents is 1. The second-order valence-electron chi connectivity index (χ2n) is 5.36. The van der Waals surface area contributed by atoms with Crippen LogP contribution in [0.3, 0.4) is 0 Å². The van der Waals surface area contributed by atoms with Gasteiger partial charge in [0.25, 0.3) is 17.5 Å². The number of benzene rings is 2. The van der Waals surface area contributed by atoms with Crippen LogP contribution < -0.4 is 0 Å². The molecule has 3 rings (SSSR count). The Hall–Kier alpha value is -3.81. The first-order chi connectivity index (χ1) is 12.5. The molecular formula is C18H12N2O6. The zero-order chi connectivity index (χ0) is 18.7. The van der Waals surface area contributed by atoms with Gasteiger partial charge in [-0.25, -0.2) is 9.69 Å². The maximum atomic E-state index is 12.1. The van der Waals surface area contributed by atoms with E-state index in [1.54, 1.807) is 18.2 Å². The van der Waals surface area contributed by atoms with Crippen LogP contribution in [0.15, 0.2) is 54.6 Å². The Balaban J connectivity index is 1.62. The lowest BCUT2D eigenvalue weighted by Gasteiger charge is -2.12. The highest BCUT2D eigenvalue weighted by molar-refractivity contribution is 6.21. The minimum absolute atomic E-state index is 0.105. The van der Waals surface area contributed by atoms with Crippen molar-refractivity contribution in [2.75, 3.05) is 6.73 Å². The summed E-state index contributed by atoms with van der Waals surface area (Å²) in [5.41, 5.74) is 0.866. The SMILES string of the molecule is O=C(C=Cc1cccc([N+](=O)[O-])c1)OCN1C(=O)c2ccccc2C1=O. The van der Waals surface area contributed by atoms with E-state index < -0.39 is 29.4 Å². The van der Waals surface area contributed by atoms with E-state index in [2.05, 4.69) is 0 Å². The van der Waals surface area contributed by atoms with Crippen molar-refractivity contribution < 1.29 is 24.0 Å². The first-order valence-corrected chi connectivity index (χ1v) is 7.52. The van der Waals surface area contributed by atoms with E-state index in [9.17, 15) is 24.5 Å². The van der Waals surface area contributed by atoms with E-state index in [1.165, 1.54) is 36.4 Å². The number of hydrogen-bond acceptors (Lipinski definition) is 6. The third-order valence-electron chi connectivity index (χ3n) is 3.71. The van der Waals surface area contributed by atoms with Crippen molar-refractivity contribution in [1.82, 2.24) is 4.90 Å². The number of fused-ring (bicyclic) bond motifs is 1. The number of carbonyl (C=O) groups is 3. The molecule has 0 atom stereocenters. The molecule has 0 bridgehead atoms. The van der Waals surface area contributed by atoms with Crippen molar-refractivity contribution in [2.24, 2.45) is 0 Å². The van der Waals surface area contributed by atoms with Crippen LogP contribution in [0.25, 0.3) is 6.08 Å². The van der Waals surface area contributed by atoms with Crippen LogP contribution in [0, 0.1) is 10.1 Å². The topological polar surface area (TPSA) is 107 Å². The van der Waals surface area contributed by atoms with Gasteiger partial charge in [0.1, 0.15) is 0 Å². The van der Waals surface area contributed by atoms with E-state index in [0.29, 0.717) is 5.56 Å². The summed E-state index contributed by atoms with van der Waals surface area (Å²) in [7, 11) is 0. The summed E-state index contributed by atoms with van der Waals surface area (Å²) < 4.78 is 4.92. The molecule has 1 aliphatic rings. The number of amides is 2. The van der Waals surface area contributed by atoms with Gasteiger partial charge < -0.3 is 4.74 Å². The van der Waals surface area contributed by atoms with E-state index in [-0.39, 0.29) is 16.8 Å². The van der Waals surface area contributed by atoms with Crippen LogP contribution in [0.2, 0.25) is 0 Å². The van der Waals surface area contributed by atoms with Gasteiger partial charge in [-0.2, -0.15) is 0 Å². The van der Waals surface area contributed by atoms with Crippen LogP contribution in [-0.4, -0.2) is 34.3 Å². The quantitative estimate of drug-likeness (QED) is 0.269. The molecular weight excluding hydrogens is 340 g/mol. The highest BCUT2D eigenvalue weighted by atomic mass is 16.6. The molecule has 8 heteroatoms. The first-order valence-electron chi connectivity index (χ1n) is 7.52. The van der Waals surface area contributed by atoms with Crippen LogP contribution in [0.5, 0.6) is 0 Å². The van der Waals surface area contributed by atoms with Crippen molar-refractivity contribution in [2.45, 2.75) is 0 Å². The summed E-state index contributed by atoms with van der Waals surface area (Å²) in [5.74, 6) is -1.84. The molecule has 0 N–H and O–H groups in total. The van der Waals surface area contributed by atoms with Gasteiger partial charge in [0, 0.05) is 18.2 Å². The van der Waals surface area contributed by atoms with Crippen LogP contribution in [0.4, 0.5) is 5.69 Å². The van der Waals surface area contributed by atoms with E-state index in [1.807, 2.05) is 0 Å². The van der Waals surface area contributed by atoms with Crippen LogP contribution in [-0.2, 0) is 9.53 Å². The van der Waals surface area contributed by atoms with E-state index in [0.717, 1.165) is 11.0 Å². The lowest BCUT2D eigenvalue weighted by molar-refractivity contribution is -0.384. The number of non-ortho nitro benzene ring substituents is 1. The summed E-state index contributed by atoms with van der Waals surface area (Å²) in [6, 6.07) is 12.0. The highest BCUT2D eigenvalue weighted by Gasteiger charge is 2.35. The Kier molecular flexibility index (Phi) is 4.57. The van der Waals surface area contributed by atoms with Crippen molar-refractivity contribution in [3.8, 4) is 0 Å². The molecule has 0 fully saturated rings. The van der Waals surface area contributed by atoms with Crippen molar-refractivity contribution in [3.05, 3.63) is 81.4 Å². The molecule has 0 radical (unpaired) electrons. The third-order valence-corrected chi connectivity index (χ3v) is 3.71. The fourth-order valence-electron chi connectivity index (χ4n) is 2.44. The minimum atomic E-state index is -0.784. The molecule has 1 aliphatic heterocycles. The van der Waals surface area contributed by atoms with Crippen LogP contribution in [0.1, 0.15) is 26.3 Å². The van der Waals surface area contributed by atoms with Gasteiger partial charge in [0.05, 0.1) is 16.1 Å². The maximum absolute atomic E-state index is 12.1. The monoisotopic (exact) mass is 352 g/mol. The molecule has 0 aliphatic carbocycles. The summed E-state index contributed by atoms with van der Waals surface area (Å²) in [5, 5.41) is 10.7. The summed E-state index contributed by atoms with van der Waals surface area (Å²) in [6.45, 7) is -0.509. The molecule has 0 unspecified atom stereocenters. The Morgan fingerprint density at radius 3 is 2.35 bits per heavy atom. The Bertz CT molecular complexity index is 915. The zero-order valence-electron chi connectivity index (χ0n) is 13.3. The number of imide groups is 1. The predicted molar refractivity (Wildman–Crippen MR) is 90.0 cm³/mol. The fraction of sp³-hybridized carbons (Fsp3) is 0.0556. The van der Waals surface area contributed by atoms with Gasteiger partial charge >= 0.3 is 5.97 Å². The lowest BCUT2D eigenvalue weighted by atomic mass is 10.1. The second kappa shape index (κ2) is 6.98. The summed E-state index contributed by atoms with van der Waals surface area (Å²) >= 11 is 0. The highest BCUT2D eigenvalue weighted by Crippen LogP contribution is 2.22. The van der Waals surface area contributed by atoms with Crippen molar-refractivity contribution in [1.29, 1.82) is 0 Å². The largest absolute Gasteiger partial charge is 0.441 e. The number of carbonyl (C=O) groups excluding carboxylic acids is 3. The molecule has 0 aromatic heterocycles. The molecule has 0 spiro atoms.